The molecule has 196 valence electrons. The largest absolute Gasteiger partial charge is 0.493 e. The fraction of sp³-hybridized carbons (Fsp3) is 0.357. The smallest absolute Gasteiger partial charge is 0.203 e. The van der Waals surface area contributed by atoms with Crippen molar-refractivity contribution in [3.8, 4) is 17.2 Å². The van der Waals surface area contributed by atoms with Crippen LogP contribution in [0.2, 0.25) is 0 Å². The molecule has 3 aromatic carbocycles. The zero-order chi connectivity index (χ0) is 23.9. The molecule has 0 bridgehead atoms. The lowest BCUT2D eigenvalue weighted by atomic mass is 9.96. The molecule has 1 atom stereocenters. The van der Waals surface area contributed by atoms with Crippen LogP contribution in [0.25, 0.3) is 0 Å². The number of aliphatic hydroxyl groups excluding tert-OH is 1. The lowest BCUT2D eigenvalue weighted by Gasteiger charge is -2.40. The quantitative estimate of drug-likeness (QED) is 0.417. The van der Waals surface area contributed by atoms with Crippen molar-refractivity contribution in [1.82, 2.24) is 9.80 Å². The Balaban J connectivity index is 0.00000228. The first-order valence-corrected chi connectivity index (χ1v) is 11.7. The summed E-state index contributed by atoms with van der Waals surface area (Å²) in [7, 11) is 4.75. The minimum absolute atomic E-state index is 0. The first-order valence-electron chi connectivity index (χ1n) is 11.7. The highest BCUT2D eigenvalue weighted by molar-refractivity contribution is 5.85. The Morgan fingerprint density at radius 3 is 1.69 bits per heavy atom. The number of methoxy groups -OCH3 is 3. The maximum atomic E-state index is 11.1. The summed E-state index contributed by atoms with van der Waals surface area (Å²) in [6, 6.07) is 25.2. The molecular formula is C28H36Cl2N2O4. The summed E-state index contributed by atoms with van der Waals surface area (Å²) in [5.74, 6) is 1.60. The van der Waals surface area contributed by atoms with Gasteiger partial charge in [0.25, 0.3) is 0 Å². The molecule has 0 aliphatic carbocycles. The number of hydrogen-bond acceptors (Lipinski definition) is 6. The van der Waals surface area contributed by atoms with E-state index < -0.39 is 6.10 Å². The molecular weight excluding hydrogens is 499 g/mol. The van der Waals surface area contributed by atoms with E-state index in [0.717, 1.165) is 26.2 Å². The summed E-state index contributed by atoms with van der Waals surface area (Å²) in [5, 5.41) is 11.1. The molecule has 1 saturated heterocycles. The van der Waals surface area contributed by atoms with Crippen LogP contribution < -0.4 is 14.2 Å². The molecule has 4 rings (SSSR count). The highest BCUT2D eigenvalue weighted by Gasteiger charge is 2.28. The van der Waals surface area contributed by atoms with Crippen LogP contribution in [0.5, 0.6) is 17.2 Å². The minimum Gasteiger partial charge on any atom is -0.493 e. The van der Waals surface area contributed by atoms with E-state index in [2.05, 4.69) is 70.5 Å². The standard InChI is InChI=1S/C28H34N2O4.2ClH/c1-32-25-15-14-23(27(33-2)28(25)34-3)24(31)20-29-16-18-30(19-17-29)26(21-10-6-4-7-11-21)22-12-8-5-9-13-22;;/h4-15,24,26,31H,16-20H2,1-3H3;2*1H. The molecule has 1 fully saturated rings. The molecule has 0 saturated carbocycles. The van der Waals surface area contributed by atoms with Crippen molar-refractivity contribution in [3.05, 3.63) is 89.5 Å². The van der Waals surface area contributed by atoms with Crippen LogP contribution in [0.1, 0.15) is 28.8 Å². The van der Waals surface area contributed by atoms with Gasteiger partial charge in [-0.25, -0.2) is 0 Å². The van der Waals surface area contributed by atoms with Crippen molar-refractivity contribution >= 4 is 24.8 Å². The van der Waals surface area contributed by atoms with Gasteiger partial charge in [-0.3, -0.25) is 9.80 Å². The number of hydrogen-bond donors (Lipinski definition) is 1. The Kier molecular flexibility index (Phi) is 11.8. The lowest BCUT2D eigenvalue weighted by molar-refractivity contribution is 0.0611. The van der Waals surface area contributed by atoms with Crippen LogP contribution in [0.4, 0.5) is 0 Å². The predicted octanol–water partition coefficient (Wildman–Crippen LogP) is 5.00. The van der Waals surface area contributed by atoms with Crippen molar-refractivity contribution in [2.75, 3.05) is 54.1 Å². The molecule has 1 aliphatic heterocycles. The Morgan fingerprint density at radius 2 is 1.22 bits per heavy atom. The molecule has 0 aromatic heterocycles. The molecule has 36 heavy (non-hydrogen) atoms. The van der Waals surface area contributed by atoms with Crippen LogP contribution in [-0.4, -0.2) is 69.0 Å². The van der Waals surface area contributed by atoms with Crippen LogP contribution in [0, 0.1) is 0 Å². The van der Waals surface area contributed by atoms with Gasteiger partial charge in [0.05, 0.1) is 33.5 Å². The van der Waals surface area contributed by atoms with E-state index in [1.54, 1.807) is 21.3 Å². The normalized spacial score (nSPS) is 14.9. The second kappa shape index (κ2) is 14.3. The summed E-state index contributed by atoms with van der Waals surface area (Å²) in [4.78, 5) is 4.84. The third-order valence-electron chi connectivity index (χ3n) is 6.53. The fourth-order valence-electron chi connectivity index (χ4n) is 4.82. The number of nitrogens with zero attached hydrogens (tertiary/aromatic N) is 2. The number of β-amino-alcohol motifs (C(OH)–C–C–N with tert-alkyl or cyclic N) is 1. The molecule has 0 spiro atoms. The van der Waals surface area contributed by atoms with Crippen LogP contribution in [0.15, 0.2) is 72.8 Å². The van der Waals surface area contributed by atoms with Gasteiger partial charge in [0, 0.05) is 38.3 Å². The molecule has 6 nitrogen and oxygen atoms in total. The molecule has 8 heteroatoms. The number of rotatable bonds is 9. The zero-order valence-corrected chi connectivity index (χ0v) is 22.6. The van der Waals surface area contributed by atoms with Gasteiger partial charge < -0.3 is 19.3 Å². The fourth-order valence-corrected chi connectivity index (χ4v) is 4.82. The first-order chi connectivity index (χ1) is 16.7. The van der Waals surface area contributed by atoms with Gasteiger partial charge in [-0.2, -0.15) is 0 Å². The number of halogens is 2. The van der Waals surface area contributed by atoms with E-state index in [1.807, 2.05) is 12.1 Å². The lowest BCUT2D eigenvalue weighted by Crippen LogP contribution is -2.48. The molecule has 1 heterocycles. The maximum absolute atomic E-state index is 11.1. The summed E-state index contributed by atoms with van der Waals surface area (Å²) >= 11 is 0. The van der Waals surface area contributed by atoms with E-state index in [0.29, 0.717) is 29.4 Å². The summed E-state index contributed by atoms with van der Waals surface area (Å²) in [5.41, 5.74) is 3.31. The summed E-state index contributed by atoms with van der Waals surface area (Å²) in [6.07, 6.45) is -0.694. The van der Waals surface area contributed by atoms with Crippen LogP contribution in [-0.2, 0) is 0 Å². The predicted molar refractivity (Wildman–Crippen MR) is 148 cm³/mol. The van der Waals surface area contributed by atoms with Gasteiger partial charge in [0.2, 0.25) is 5.75 Å². The van der Waals surface area contributed by atoms with Gasteiger partial charge in [0.1, 0.15) is 0 Å². The molecule has 1 aliphatic rings. The van der Waals surface area contributed by atoms with E-state index in [-0.39, 0.29) is 30.9 Å². The van der Waals surface area contributed by atoms with Gasteiger partial charge in [-0.1, -0.05) is 60.7 Å². The minimum atomic E-state index is -0.694. The Bertz CT molecular complexity index is 1010. The SMILES string of the molecule is COc1ccc(C(O)CN2CCN(C(c3ccccc3)c3ccccc3)CC2)c(OC)c1OC.Cl.Cl. The molecule has 1 unspecified atom stereocenters. The van der Waals surface area contributed by atoms with E-state index in [9.17, 15) is 5.11 Å². The third kappa shape index (κ3) is 6.64. The highest BCUT2D eigenvalue weighted by atomic mass is 35.5. The van der Waals surface area contributed by atoms with E-state index in [4.69, 9.17) is 14.2 Å². The Morgan fingerprint density at radius 1 is 0.694 bits per heavy atom. The summed E-state index contributed by atoms with van der Waals surface area (Å²) in [6.45, 7) is 4.13. The van der Waals surface area contributed by atoms with Gasteiger partial charge in [-0.15, -0.1) is 24.8 Å². The molecule has 0 amide bonds. The van der Waals surface area contributed by atoms with Crippen molar-refractivity contribution < 1.29 is 19.3 Å². The van der Waals surface area contributed by atoms with Crippen molar-refractivity contribution in [1.29, 1.82) is 0 Å². The average molecular weight is 536 g/mol. The topological polar surface area (TPSA) is 54.4 Å². The second-order valence-electron chi connectivity index (χ2n) is 8.50. The number of benzene rings is 3. The van der Waals surface area contributed by atoms with Gasteiger partial charge in [0.15, 0.2) is 11.5 Å². The Hall–Kier alpha value is -2.48. The van der Waals surface area contributed by atoms with Crippen molar-refractivity contribution in [2.24, 2.45) is 0 Å². The van der Waals surface area contributed by atoms with Gasteiger partial charge >= 0.3 is 0 Å². The molecule has 3 aromatic rings. The van der Waals surface area contributed by atoms with E-state index in [1.165, 1.54) is 11.1 Å². The molecule has 0 radical (unpaired) electrons. The van der Waals surface area contributed by atoms with Crippen molar-refractivity contribution in [3.63, 3.8) is 0 Å². The number of ether oxygens (including phenoxy) is 3. The van der Waals surface area contributed by atoms with Crippen LogP contribution in [0.3, 0.4) is 0 Å². The van der Waals surface area contributed by atoms with E-state index >= 15 is 0 Å². The zero-order valence-electron chi connectivity index (χ0n) is 21.0. The highest BCUT2D eigenvalue weighted by Crippen LogP contribution is 2.42. The van der Waals surface area contributed by atoms with Crippen LogP contribution >= 0.6 is 24.8 Å². The Labute approximate surface area is 226 Å². The number of aliphatic hydroxyl groups is 1. The maximum Gasteiger partial charge on any atom is 0.203 e. The third-order valence-corrected chi connectivity index (χ3v) is 6.53. The monoisotopic (exact) mass is 534 g/mol. The summed E-state index contributed by atoms with van der Waals surface area (Å²) < 4.78 is 16.4. The average Bonchev–Trinajstić information content (AvgIpc) is 2.90. The number of piperazine rings is 1. The van der Waals surface area contributed by atoms with Crippen molar-refractivity contribution in [2.45, 2.75) is 12.1 Å². The second-order valence-corrected chi connectivity index (χ2v) is 8.50. The van der Waals surface area contributed by atoms with Gasteiger partial charge in [-0.05, 0) is 23.3 Å². The first kappa shape index (κ1) is 29.7. The molecule has 1 N–H and O–H groups in total.